The second-order valence-electron chi connectivity index (χ2n) is 16.1. The van der Waals surface area contributed by atoms with Gasteiger partial charge >= 0.3 is 5.69 Å². The Balaban J connectivity index is 0.00000604. The van der Waals surface area contributed by atoms with E-state index in [4.69, 9.17) is 5.73 Å². The van der Waals surface area contributed by atoms with Crippen LogP contribution in [0.2, 0.25) is 0 Å². The van der Waals surface area contributed by atoms with Gasteiger partial charge < -0.3 is 16.4 Å². The number of unbranched alkanes of at least 4 members (excludes halogenated alkanes) is 3. The molecule has 0 saturated carbocycles. The van der Waals surface area contributed by atoms with Gasteiger partial charge in [-0.2, -0.15) is 0 Å². The number of halogens is 1. The van der Waals surface area contributed by atoms with Crippen molar-refractivity contribution in [3.05, 3.63) is 92.9 Å². The number of aryl methyl sites for hydroxylation is 4. The lowest BCUT2D eigenvalue weighted by Crippen LogP contribution is -2.55. The normalized spacial score (nSPS) is 19.3. The number of amides is 5. The van der Waals surface area contributed by atoms with E-state index in [1.807, 2.05) is 18.2 Å². The van der Waals surface area contributed by atoms with Gasteiger partial charge in [0.1, 0.15) is 18.1 Å². The fourth-order valence-electron chi connectivity index (χ4n) is 8.55. The molecule has 0 radical (unpaired) electrons. The molecule has 4 aromatic rings. The molecule has 60 heavy (non-hydrogen) atoms. The number of hydrogen-bond donors (Lipinski definition) is 4. The van der Waals surface area contributed by atoms with Crippen molar-refractivity contribution in [2.45, 2.75) is 113 Å². The van der Waals surface area contributed by atoms with E-state index in [2.05, 4.69) is 28.1 Å². The van der Waals surface area contributed by atoms with Crippen LogP contribution in [0.1, 0.15) is 85.7 Å². The molecular formula is C43H52ClN7O8S. The van der Waals surface area contributed by atoms with Crippen LogP contribution in [-0.4, -0.2) is 71.5 Å². The van der Waals surface area contributed by atoms with Crippen molar-refractivity contribution in [2.75, 3.05) is 11.2 Å². The van der Waals surface area contributed by atoms with Crippen molar-refractivity contribution in [3.63, 3.8) is 0 Å². The maximum absolute atomic E-state index is 13.7. The van der Waals surface area contributed by atoms with Crippen LogP contribution in [0.3, 0.4) is 0 Å². The minimum absolute atomic E-state index is 0. The van der Waals surface area contributed by atoms with Gasteiger partial charge in [0.2, 0.25) is 29.5 Å². The van der Waals surface area contributed by atoms with Gasteiger partial charge in [0.05, 0.1) is 27.7 Å². The van der Waals surface area contributed by atoms with Gasteiger partial charge in [-0.3, -0.25) is 43.3 Å². The number of imidazole rings is 1. The van der Waals surface area contributed by atoms with Gasteiger partial charge in [0.25, 0.3) is 0 Å². The Morgan fingerprint density at radius 3 is 2.22 bits per heavy atom. The van der Waals surface area contributed by atoms with E-state index in [9.17, 15) is 37.2 Å². The first-order valence-electron chi connectivity index (χ1n) is 20.2. The summed E-state index contributed by atoms with van der Waals surface area (Å²) in [7, 11) is -1.64. The average molecular weight is 862 g/mol. The van der Waals surface area contributed by atoms with Crippen molar-refractivity contribution in [3.8, 4) is 0 Å². The summed E-state index contributed by atoms with van der Waals surface area (Å²) in [5.74, 6) is -1.94. The molecule has 3 aliphatic heterocycles. The summed E-state index contributed by atoms with van der Waals surface area (Å²) in [6, 6.07) is 13.1. The molecule has 0 spiro atoms. The number of sulfone groups is 1. The van der Waals surface area contributed by atoms with Gasteiger partial charge in [0, 0.05) is 32.7 Å². The first-order valence-corrected chi connectivity index (χ1v) is 22.1. The highest BCUT2D eigenvalue weighted by molar-refractivity contribution is 7.90. The van der Waals surface area contributed by atoms with Crippen molar-refractivity contribution in [1.82, 2.24) is 25.1 Å². The molecule has 4 atom stereocenters. The summed E-state index contributed by atoms with van der Waals surface area (Å²) in [5, 5.41) is 7.91. The molecule has 4 heterocycles. The minimum Gasteiger partial charge on any atom is -0.350 e. The number of hydrogen-bond acceptors (Lipinski definition) is 9. The van der Waals surface area contributed by atoms with Gasteiger partial charge in [-0.1, -0.05) is 43.2 Å². The van der Waals surface area contributed by atoms with Crippen LogP contribution in [0, 0.1) is 0 Å². The molecule has 3 aliphatic rings. The summed E-state index contributed by atoms with van der Waals surface area (Å²) in [4.78, 5) is 79.3. The maximum Gasteiger partial charge on any atom is 0.329 e. The number of piperidine rings is 1. The number of imide groups is 1. The smallest absolute Gasteiger partial charge is 0.329 e. The zero-order valence-electron chi connectivity index (χ0n) is 34.0. The number of nitrogens with zero attached hydrogens (tertiary/aromatic N) is 3. The third-order valence-corrected chi connectivity index (χ3v) is 12.9. The van der Waals surface area contributed by atoms with Crippen molar-refractivity contribution < 1.29 is 32.4 Å². The van der Waals surface area contributed by atoms with E-state index in [0.29, 0.717) is 36.8 Å². The Kier molecular flexibility index (Phi) is 13.4. The van der Waals surface area contributed by atoms with E-state index in [1.54, 1.807) is 30.7 Å². The standard InChI is InChI=1S/C43H51N7O8S.ClH/c1-25(39(52)45-24-27-10-14-31(15-11-27)59(3,57)58)46-41(54)36-23-30-21-28(20-29-13-16-32(44)42(55)50(36)38(29)30)9-7-5-4-6-8-26-12-17-33-35(22-26)48(2)43(56)49(33)34-18-19-37(51)47-40(34)53;/h10-12,14-15,17,20-22,25,32,34,36H,4-9,13,16,18-19,23-24,44H2,1-3H3,(H,45,52)(H,46,54)(H,47,51,53);1H/t25-,32-,34?,36-;/m0./s1. The van der Waals surface area contributed by atoms with Gasteiger partial charge in [-0.15, -0.1) is 12.4 Å². The van der Waals surface area contributed by atoms with Gasteiger partial charge in [-0.05, 0) is 104 Å². The number of anilines is 1. The summed E-state index contributed by atoms with van der Waals surface area (Å²) in [6.45, 7) is 1.72. The molecule has 320 valence electrons. The third kappa shape index (κ3) is 9.20. The third-order valence-electron chi connectivity index (χ3n) is 11.8. The second-order valence-corrected chi connectivity index (χ2v) is 18.1. The van der Waals surface area contributed by atoms with Crippen LogP contribution in [0.5, 0.6) is 0 Å². The van der Waals surface area contributed by atoms with Crippen LogP contribution >= 0.6 is 12.4 Å². The highest BCUT2D eigenvalue weighted by atomic mass is 35.5. The number of fused-ring (bicyclic) bond motifs is 1. The first-order chi connectivity index (χ1) is 28.1. The lowest BCUT2D eigenvalue weighted by atomic mass is 9.95. The molecule has 5 N–H and O–H groups in total. The van der Waals surface area contributed by atoms with E-state index in [0.717, 1.165) is 78.2 Å². The van der Waals surface area contributed by atoms with Gasteiger partial charge in [-0.25, -0.2) is 13.2 Å². The average Bonchev–Trinajstić information content (AvgIpc) is 3.66. The summed E-state index contributed by atoms with van der Waals surface area (Å²) >= 11 is 0. The van der Waals surface area contributed by atoms with E-state index < -0.39 is 51.7 Å². The van der Waals surface area contributed by atoms with Crippen LogP contribution < -0.4 is 32.3 Å². The molecule has 1 saturated heterocycles. The Morgan fingerprint density at radius 2 is 1.53 bits per heavy atom. The number of benzene rings is 3. The lowest BCUT2D eigenvalue weighted by molar-refractivity contribution is -0.135. The highest BCUT2D eigenvalue weighted by Gasteiger charge is 2.43. The van der Waals surface area contributed by atoms with Crippen LogP contribution in [0.15, 0.2) is 64.3 Å². The molecule has 7 rings (SSSR count). The number of rotatable bonds is 14. The van der Waals surface area contributed by atoms with Crippen LogP contribution in [0.25, 0.3) is 11.0 Å². The predicted molar refractivity (Wildman–Crippen MR) is 228 cm³/mol. The summed E-state index contributed by atoms with van der Waals surface area (Å²) in [6.07, 6.45) is 8.62. The molecule has 17 heteroatoms. The molecular weight excluding hydrogens is 810 g/mol. The Hall–Kier alpha value is -5.32. The first kappa shape index (κ1) is 44.2. The summed E-state index contributed by atoms with van der Waals surface area (Å²) < 4.78 is 26.6. The van der Waals surface area contributed by atoms with Crippen LogP contribution in [0.4, 0.5) is 5.69 Å². The van der Waals surface area contributed by atoms with E-state index in [1.165, 1.54) is 21.6 Å². The van der Waals surface area contributed by atoms with Crippen LogP contribution in [-0.2, 0) is 73.1 Å². The molecule has 0 bridgehead atoms. The number of carbonyl (C=O) groups excluding carboxylic acids is 5. The summed E-state index contributed by atoms with van der Waals surface area (Å²) in [5.41, 5.74) is 13.1. The fourth-order valence-corrected chi connectivity index (χ4v) is 9.18. The molecule has 1 fully saturated rings. The predicted octanol–water partition coefficient (Wildman–Crippen LogP) is 2.84. The topological polar surface area (TPSA) is 212 Å². The molecule has 3 aromatic carbocycles. The fraction of sp³-hybridized carbons (Fsp3) is 0.442. The Labute approximate surface area is 354 Å². The number of nitrogens with one attached hydrogen (secondary N) is 3. The number of carbonyl (C=O) groups is 5. The molecule has 1 unspecified atom stereocenters. The zero-order valence-corrected chi connectivity index (χ0v) is 35.6. The van der Waals surface area contributed by atoms with E-state index in [-0.39, 0.29) is 47.8 Å². The van der Waals surface area contributed by atoms with Crippen molar-refractivity contribution in [1.29, 1.82) is 0 Å². The maximum atomic E-state index is 13.7. The quantitative estimate of drug-likeness (QED) is 0.108. The van der Waals surface area contributed by atoms with Crippen molar-refractivity contribution in [2.24, 2.45) is 12.8 Å². The largest absolute Gasteiger partial charge is 0.350 e. The Bertz CT molecular complexity index is 2520. The monoisotopic (exact) mass is 861 g/mol. The zero-order chi connectivity index (χ0) is 42.2. The molecule has 15 nitrogen and oxygen atoms in total. The number of nitrogens with two attached hydrogens (primary N) is 1. The molecule has 5 amide bonds. The SMILES string of the molecule is C[C@H](NC(=O)[C@@H]1Cc2cc(CCCCCCc3ccc4c(c3)n(C)c(=O)n4C3CCC(=O)NC3=O)cc3c2N1C(=O)[C@@H](N)CC3)C(=O)NCc1ccc(S(C)(=O)=O)cc1.Cl. The molecule has 0 aliphatic carbocycles. The Morgan fingerprint density at radius 1 is 0.867 bits per heavy atom. The van der Waals surface area contributed by atoms with E-state index >= 15 is 0 Å². The lowest BCUT2D eigenvalue weighted by Gasteiger charge is -2.27. The van der Waals surface area contributed by atoms with Gasteiger partial charge in [0.15, 0.2) is 9.84 Å². The minimum atomic E-state index is -3.34. The van der Waals surface area contributed by atoms with Crippen molar-refractivity contribution >= 4 is 68.5 Å². The highest BCUT2D eigenvalue weighted by Crippen LogP contribution is 2.40. The molecule has 1 aromatic heterocycles. The second kappa shape index (κ2) is 18.1. The number of aromatic nitrogens is 2.